The monoisotopic (exact) mass is 448 g/mol. The Morgan fingerprint density at radius 2 is 1.97 bits per heavy atom. The van der Waals surface area contributed by atoms with Gasteiger partial charge in [0.25, 0.3) is 5.91 Å². The summed E-state index contributed by atoms with van der Waals surface area (Å²) in [6, 6.07) is 12.0. The van der Waals surface area contributed by atoms with Crippen molar-refractivity contribution in [3.63, 3.8) is 0 Å². The average Bonchev–Trinajstić information content (AvgIpc) is 3.11. The van der Waals surface area contributed by atoms with Crippen LogP contribution in [0.5, 0.6) is 11.5 Å². The van der Waals surface area contributed by atoms with E-state index in [9.17, 15) is 9.59 Å². The number of hydrogen-bond acceptors (Lipinski definition) is 5. The van der Waals surface area contributed by atoms with Gasteiger partial charge in [-0.2, -0.15) is 5.10 Å². The van der Waals surface area contributed by atoms with Crippen LogP contribution in [-0.4, -0.2) is 41.9 Å². The van der Waals surface area contributed by atoms with Gasteiger partial charge in [-0.05, 0) is 54.8 Å². The first kappa shape index (κ1) is 22.4. The fourth-order valence-corrected chi connectivity index (χ4v) is 4.47. The molecule has 0 radical (unpaired) electrons. The minimum Gasteiger partial charge on any atom is -0.497 e. The number of nitrogens with zero attached hydrogens (tertiary/aromatic N) is 2. The third-order valence-corrected chi connectivity index (χ3v) is 6.10. The molecule has 0 saturated heterocycles. The zero-order valence-electron chi connectivity index (χ0n) is 19.4. The molecule has 2 amide bonds. The van der Waals surface area contributed by atoms with E-state index in [0.717, 1.165) is 34.6 Å². The van der Waals surface area contributed by atoms with Crippen molar-refractivity contribution in [1.82, 2.24) is 15.1 Å². The first-order valence-corrected chi connectivity index (χ1v) is 10.8. The molecule has 3 aromatic rings. The highest BCUT2D eigenvalue weighted by Gasteiger charge is 2.41. The molecule has 0 saturated carbocycles. The summed E-state index contributed by atoms with van der Waals surface area (Å²) in [5, 5.41) is 10.4. The number of hydrogen-bond donors (Lipinski definition) is 2. The lowest BCUT2D eigenvalue weighted by Gasteiger charge is -2.32. The Balaban J connectivity index is 1.76. The number of carbonyl (C=O) groups excluding carboxylic acids is 2. The van der Waals surface area contributed by atoms with Crippen molar-refractivity contribution in [2.24, 2.45) is 7.05 Å². The van der Waals surface area contributed by atoms with Crippen molar-refractivity contribution in [3.8, 4) is 11.5 Å². The lowest BCUT2D eigenvalue weighted by Crippen LogP contribution is -2.50. The maximum Gasteiger partial charge on any atom is 0.251 e. The Morgan fingerprint density at radius 1 is 1.18 bits per heavy atom. The quantitative estimate of drug-likeness (QED) is 0.604. The second kappa shape index (κ2) is 8.97. The second-order valence-corrected chi connectivity index (χ2v) is 8.05. The number of nitrogens with one attached hydrogen (secondary N) is 2. The first-order chi connectivity index (χ1) is 15.9. The van der Waals surface area contributed by atoms with E-state index in [2.05, 4.69) is 15.7 Å². The largest absolute Gasteiger partial charge is 0.497 e. The highest BCUT2D eigenvalue weighted by atomic mass is 16.5. The van der Waals surface area contributed by atoms with Crippen LogP contribution in [0.2, 0.25) is 0 Å². The summed E-state index contributed by atoms with van der Waals surface area (Å²) in [6.45, 7) is 3.90. The minimum absolute atomic E-state index is 0.295. The first-order valence-electron chi connectivity index (χ1n) is 10.8. The summed E-state index contributed by atoms with van der Waals surface area (Å²) >= 11 is 0. The van der Waals surface area contributed by atoms with E-state index in [1.54, 1.807) is 44.1 Å². The number of methoxy groups -OCH3 is 2. The van der Waals surface area contributed by atoms with Gasteiger partial charge in [-0.3, -0.25) is 14.3 Å². The molecule has 1 aliphatic rings. The zero-order valence-corrected chi connectivity index (χ0v) is 19.4. The summed E-state index contributed by atoms with van der Waals surface area (Å²) < 4.78 is 12.4. The fraction of sp³-hybridized carbons (Fsp3) is 0.320. The van der Waals surface area contributed by atoms with E-state index >= 15 is 0 Å². The molecule has 2 N–H and O–H groups in total. The molecule has 0 unspecified atom stereocenters. The van der Waals surface area contributed by atoms with Gasteiger partial charge in [0, 0.05) is 24.1 Å². The molecule has 0 spiro atoms. The number of carbonyl (C=O) groups is 2. The van der Waals surface area contributed by atoms with Crippen molar-refractivity contribution in [3.05, 3.63) is 70.4 Å². The van der Waals surface area contributed by atoms with E-state index in [4.69, 9.17) is 9.47 Å². The summed E-state index contributed by atoms with van der Waals surface area (Å²) in [5.74, 6) is 0.990. The molecule has 2 aromatic carbocycles. The molecule has 172 valence electrons. The van der Waals surface area contributed by atoms with Gasteiger partial charge in [-0.15, -0.1) is 0 Å². The standard InChI is InChI=1S/C25H28N4O4/c1-6-15-12-17(10-11-19(15)33-5)24(30)26-22-21(16-8-7-9-18(13-16)32-4)20-14(2)28-29(3)23(20)27-25(22)31/h7-13,21-22H,6H2,1-5H3,(H,26,30)(H,27,31)/t21-,22+/m1/s1. The molecule has 1 aliphatic heterocycles. The number of anilines is 1. The Labute approximate surface area is 192 Å². The minimum atomic E-state index is -0.827. The number of aryl methyl sites for hydroxylation is 3. The number of amides is 2. The van der Waals surface area contributed by atoms with Crippen LogP contribution in [-0.2, 0) is 18.3 Å². The van der Waals surface area contributed by atoms with Crippen LogP contribution in [0.1, 0.15) is 45.6 Å². The summed E-state index contributed by atoms with van der Waals surface area (Å²) in [4.78, 5) is 26.5. The van der Waals surface area contributed by atoms with Crippen LogP contribution in [0.4, 0.5) is 5.82 Å². The SMILES string of the molecule is CCc1cc(C(=O)N[C@@H]2C(=O)Nc3c(c(C)nn3C)[C@H]2c2cccc(OC)c2)ccc1OC. The summed E-state index contributed by atoms with van der Waals surface area (Å²) in [7, 11) is 4.99. The average molecular weight is 449 g/mol. The number of ether oxygens (including phenoxy) is 2. The normalized spacial score (nSPS) is 17.2. The van der Waals surface area contributed by atoms with E-state index in [-0.39, 0.29) is 11.8 Å². The van der Waals surface area contributed by atoms with Crippen molar-refractivity contribution in [1.29, 1.82) is 0 Å². The Morgan fingerprint density at radius 3 is 2.67 bits per heavy atom. The van der Waals surface area contributed by atoms with E-state index < -0.39 is 12.0 Å². The molecule has 33 heavy (non-hydrogen) atoms. The van der Waals surface area contributed by atoms with Crippen molar-refractivity contribution in [2.75, 3.05) is 19.5 Å². The third-order valence-electron chi connectivity index (χ3n) is 6.10. The van der Waals surface area contributed by atoms with Crippen LogP contribution in [0.15, 0.2) is 42.5 Å². The highest BCUT2D eigenvalue weighted by Crippen LogP contribution is 2.40. The Hall–Kier alpha value is -3.81. The van der Waals surface area contributed by atoms with E-state index in [0.29, 0.717) is 17.1 Å². The van der Waals surface area contributed by atoms with Crippen molar-refractivity contribution >= 4 is 17.6 Å². The maximum atomic E-state index is 13.3. The molecule has 0 fully saturated rings. The second-order valence-electron chi connectivity index (χ2n) is 8.05. The van der Waals surface area contributed by atoms with Gasteiger partial charge in [0.05, 0.1) is 19.9 Å². The maximum absolute atomic E-state index is 13.3. The molecule has 8 heteroatoms. The zero-order chi connectivity index (χ0) is 23.7. The molecule has 8 nitrogen and oxygen atoms in total. The van der Waals surface area contributed by atoms with E-state index in [1.165, 1.54) is 0 Å². The molecule has 1 aromatic heterocycles. The molecule has 0 aliphatic carbocycles. The number of fused-ring (bicyclic) bond motifs is 1. The number of rotatable bonds is 6. The van der Waals surface area contributed by atoms with Crippen molar-refractivity contribution < 1.29 is 19.1 Å². The van der Waals surface area contributed by atoms with Crippen LogP contribution in [0.25, 0.3) is 0 Å². The lowest BCUT2D eigenvalue weighted by atomic mass is 9.81. The molecule has 0 bridgehead atoms. The van der Waals surface area contributed by atoms with Crippen LogP contribution in [0, 0.1) is 6.92 Å². The van der Waals surface area contributed by atoms with Gasteiger partial charge in [0.2, 0.25) is 5.91 Å². The van der Waals surface area contributed by atoms with Gasteiger partial charge in [0.15, 0.2) is 0 Å². The molecule has 2 atom stereocenters. The van der Waals surface area contributed by atoms with Crippen LogP contribution >= 0.6 is 0 Å². The highest BCUT2D eigenvalue weighted by molar-refractivity contribution is 6.04. The van der Waals surface area contributed by atoms with Crippen LogP contribution in [0.3, 0.4) is 0 Å². The molecular weight excluding hydrogens is 420 g/mol. The van der Waals surface area contributed by atoms with E-state index in [1.807, 2.05) is 38.1 Å². The van der Waals surface area contributed by atoms with Gasteiger partial charge in [-0.25, -0.2) is 0 Å². The topological polar surface area (TPSA) is 94.5 Å². The number of benzene rings is 2. The Kier molecular flexibility index (Phi) is 6.09. The molecule has 2 heterocycles. The predicted molar refractivity (Wildman–Crippen MR) is 125 cm³/mol. The Bertz CT molecular complexity index is 1220. The van der Waals surface area contributed by atoms with Gasteiger partial charge >= 0.3 is 0 Å². The smallest absolute Gasteiger partial charge is 0.251 e. The third kappa shape index (κ3) is 4.04. The van der Waals surface area contributed by atoms with Crippen LogP contribution < -0.4 is 20.1 Å². The molecular formula is C25H28N4O4. The van der Waals surface area contributed by atoms with Gasteiger partial charge in [0.1, 0.15) is 23.4 Å². The van der Waals surface area contributed by atoms with Crippen molar-refractivity contribution in [2.45, 2.75) is 32.2 Å². The van der Waals surface area contributed by atoms with Gasteiger partial charge in [-0.1, -0.05) is 19.1 Å². The molecule has 4 rings (SSSR count). The van der Waals surface area contributed by atoms with Gasteiger partial charge < -0.3 is 20.1 Å². The predicted octanol–water partition coefficient (Wildman–Crippen LogP) is 3.19. The lowest BCUT2D eigenvalue weighted by molar-refractivity contribution is -0.118. The summed E-state index contributed by atoms with van der Waals surface area (Å²) in [6.07, 6.45) is 0.721. The fourth-order valence-electron chi connectivity index (χ4n) is 4.47. The summed E-state index contributed by atoms with van der Waals surface area (Å²) in [5.41, 5.74) is 3.92. The number of aromatic nitrogens is 2.